The van der Waals surface area contributed by atoms with E-state index in [0.29, 0.717) is 23.7 Å². The lowest BCUT2D eigenvalue weighted by Crippen LogP contribution is -2.24. The van der Waals surface area contributed by atoms with Crippen LogP contribution in [0.1, 0.15) is 27.2 Å². The molecule has 0 spiro atoms. The molecular weight excluding hydrogens is 214 g/mol. The monoisotopic (exact) mass is 233 g/mol. The number of nitrogens with one attached hydrogen (secondary N) is 1. The largest absolute Gasteiger partial charge is 0.423 e. The highest BCUT2D eigenvalue weighted by molar-refractivity contribution is 5.86. The molecule has 0 aliphatic heterocycles. The van der Waals surface area contributed by atoms with Crippen LogP contribution in [0, 0.1) is 5.92 Å². The van der Waals surface area contributed by atoms with E-state index in [-0.39, 0.29) is 0 Å². The third-order valence-electron chi connectivity index (χ3n) is 3.00. The highest BCUT2D eigenvalue weighted by Crippen LogP contribution is 2.24. The minimum atomic E-state index is 0.365. The van der Waals surface area contributed by atoms with E-state index in [1.165, 1.54) is 0 Å². The maximum atomic E-state index is 5.84. The quantitative estimate of drug-likeness (QED) is 0.795. The van der Waals surface area contributed by atoms with Crippen molar-refractivity contribution in [3.8, 4) is 0 Å². The van der Waals surface area contributed by atoms with E-state index in [9.17, 15) is 0 Å². The Morgan fingerprint density at radius 2 is 2.18 bits per heavy atom. The predicted octanol–water partition coefficient (Wildman–Crippen LogP) is 3.26. The average Bonchev–Trinajstić information content (AvgIpc) is 2.69. The van der Waals surface area contributed by atoms with Gasteiger partial charge in [-0.1, -0.05) is 26.8 Å². The Labute approximate surface area is 101 Å². The maximum absolute atomic E-state index is 5.84. The van der Waals surface area contributed by atoms with E-state index in [2.05, 4.69) is 31.1 Å². The summed E-state index contributed by atoms with van der Waals surface area (Å²) in [5.74, 6) is 0.535. The summed E-state index contributed by atoms with van der Waals surface area (Å²) in [4.78, 5) is 4.38. The Morgan fingerprint density at radius 3 is 2.76 bits per heavy atom. The zero-order valence-electron chi connectivity index (χ0n) is 10.5. The first-order valence-corrected chi connectivity index (χ1v) is 6.03. The molecule has 1 unspecified atom stereocenters. The second-order valence-electron chi connectivity index (χ2n) is 4.62. The Hall–Kier alpha value is -1.71. The van der Waals surface area contributed by atoms with Crippen LogP contribution in [0.3, 0.4) is 0 Å². The van der Waals surface area contributed by atoms with E-state index in [1.807, 2.05) is 18.2 Å². The van der Waals surface area contributed by atoms with Crippen molar-refractivity contribution in [1.29, 1.82) is 0 Å². The Kier molecular flexibility index (Phi) is 3.22. The maximum Gasteiger partial charge on any atom is 0.295 e. The lowest BCUT2D eigenvalue weighted by Gasteiger charge is -2.18. The van der Waals surface area contributed by atoms with Crippen molar-refractivity contribution in [1.82, 2.24) is 4.98 Å². The summed E-state index contributed by atoms with van der Waals surface area (Å²) in [5, 5.41) is 3.31. The van der Waals surface area contributed by atoms with E-state index < -0.39 is 0 Å². The topological polar surface area (TPSA) is 64.1 Å². The molecule has 4 heteroatoms. The smallest absolute Gasteiger partial charge is 0.295 e. The summed E-state index contributed by atoms with van der Waals surface area (Å²) < 4.78 is 5.63. The van der Waals surface area contributed by atoms with Gasteiger partial charge >= 0.3 is 0 Å². The predicted molar refractivity (Wildman–Crippen MR) is 71.0 cm³/mol. The molecule has 0 aliphatic rings. The van der Waals surface area contributed by atoms with E-state index in [4.69, 9.17) is 10.2 Å². The van der Waals surface area contributed by atoms with Crippen molar-refractivity contribution in [2.75, 3.05) is 11.1 Å². The highest BCUT2D eigenvalue weighted by atomic mass is 16.4. The normalized spacial score (nSPS) is 13.2. The van der Waals surface area contributed by atoms with Gasteiger partial charge in [-0.05, 0) is 24.5 Å². The van der Waals surface area contributed by atoms with E-state index in [1.54, 1.807) is 0 Å². The van der Waals surface area contributed by atoms with Gasteiger partial charge in [-0.2, -0.15) is 4.98 Å². The van der Waals surface area contributed by atoms with Crippen molar-refractivity contribution in [3.63, 3.8) is 0 Å². The van der Waals surface area contributed by atoms with Crippen molar-refractivity contribution < 1.29 is 4.42 Å². The number of anilines is 2. The van der Waals surface area contributed by atoms with Gasteiger partial charge in [0.2, 0.25) is 0 Å². The molecule has 0 aliphatic carbocycles. The Balaban J connectivity index is 2.28. The molecule has 0 bridgehead atoms. The van der Waals surface area contributed by atoms with Gasteiger partial charge < -0.3 is 15.5 Å². The second kappa shape index (κ2) is 4.65. The van der Waals surface area contributed by atoms with Crippen molar-refractivity contribution in [3.05, 3.63) is 18.2 Å². The van der Waals surface area contributed by atoms with Crippen LogP contribution in [0.5, 0.6) is 0 Å². The van der Waals surface area contributed by atoms with Crippen LogP contribution in [-0.4, -0.2) is 11.0 Å². The van der Waals surface area contributed by atoms with Crippen molar-refractivity contribution >= 4 is 22.8 Å². The van der Waals surface area contributed by atoms with E-state index >= 15 is 0 Å². The number of hydrogen-bond donors (Lipinski definition) is 2. The van der Waals surface area contributed by atoms with Crippen molar-refractivity contribution in [2.45, 2.75) is 33.2 Å². The number of nitrogens with two attached hydrogens (primary N) is 1. The standard InChI is InChI=1S/C13H19N3O/c1-4-10(8(2)3)15-13-16-12-9(14)6-5-7-11(12)17-13/h5-8,10H,4,14H2,1-3H3,(H,15,16). The molecule has 92 valence electrons. The molecule has 0 amide bonds. The van der Waals surface area contributed by atoms with Gasteiger partial charge in [-0.3, -0.25) is 0 Å². The summed E-state index contributed by atoms with van der Waals surface area (Å²) >= 11 is 0. The van der Waals surface area contributed by atoms with Crippen LogP contribution in [0.25, 0.3) is 11.1 Å². The number of rotatable bonds is 4. The van der Waals surface area contributed by atoms with Gasteiger partial charge in [-0.25, -0.2) is 0 Å². The summed E-state index contributed by atoms with van der Waals surface area (Å²) in [6.45, 7) is 6.51. The lowest BCUT2D eigenvalue weighted by molar-refractivity contribution is 0.489. The first kappa shape index (κ1) is 11.8. The Bertz CT molecular complexity index is 504. The third-order valence-corrected chi connectivity index (χ3v) is 3.00. The fraction of sp³-hybridized carbons (Fsp3) is 0.462. The van der Waals surface area contributed by atoms with Gasteiger partial charge in [0.05, 0.1) is 5.69 Å². The number of fused-ring (bicyclic) bond motifs is 1. The van der Waals surface area contributed by atoms with Crippen LogP contribution >= 0.6 is 0 Å². The van der Waals surface area contributed by atoms with Gasteiger partial charge in [0.15, 0.2) is 5.58 Å². The van der Waals surface area contributed by atoms with Crippen LogP contribution in [0.15, 0.2) is 22.6 Å². The van der Waals surface area contributed by atoms with Gasteiger partial charge in [-0.15, -0.1) is 0 Å². The molecule has 0 saturated heterocycles. The van der Waals surface area contributed by atoms with Gasteiger partial charge in [0.1, 0.15) is 5.52 Å². The van der Waals surface area contributed by atoms with E-state index in [0.717, 1.165) is 17.5 Å². The summed E-state index contributed by atoms with van der Waals surface area (Å²) in [5.41, 5.74) is 7.95. The molecule has 3 N–H and O–H groups in total. The van der Waals surface area contributed by atoms with Crippen LogP contribution in [-0.2, 0) is 0 Å². The third kappa shape index (κ3) is 2.35. The number of nitrogen functional groups attached to an aromatic ring is 1. The molecule has 1 heterocycles. The number of para-hydroxylation sites is 1. The van der Waals surface area contributed by atoms with Crippen LogP contribution in [0.4, 0.5) is 11.7 Å². The molecule has 0 saturated carbocycles. The Morgan fingerprint density at radius 1 is 1.41 bits per heavy atom. The molecule has 1 aromatic carbocycles. The first-order chi connectivity index (χ1) is 8.11. The summed E-state index contributed by atoms with van der Waals surface area (Å²) in [6, 6.07) is 6.49. The molecule has 1 aromatic heterocycles. The van der Waals surface area contributed by atoms with Crippen molar-refractivity contribution in [2.24, 2.45) is 5.92 Å². The lowest BCUT2D eigenvalue weighted by atomic mass is 10.0. The number of aromatic nitrogens is 1. The number of hydrogen-bond acceptors (Lipinski definition) is 4. The minimum Gasteiger partial charge on any atom is -0.423 e. The molecule has 2 aromatic rings. The summed E-state index contributed by atoms with van der Waals surface area (Å²) in [7, 11) is 0. The number of nitrogens with zero attached hydrogens (tertiary/aromatic N) is 1. The molecule has 17 heavy (non-hydrogen) atoms. The number of oxazole rings is 1. The zero-order chi connectivity index (χ0) is 12.4. The SMILES string of the molecule is CCC(Nc1nc2c(N)cccc2o1)C(C)C. The summed E-state index contributed by atoms with van der Waals surface area (Å²) in [6.07, 6.45) is 1.03. The zero-order valence-corrected chi connectivity index (χ0v) is 10.5. The molecule has 0 fully saturated rings. The highest BCUT2D eigenvalue weighted by Gasteiger charge is 2.14. The van der Waals surface area contributed by atoms with Gasteiger partial charge in [0.25, 0.3) is 6.01 Å². The fourth-order valence-corrected chi connectivity index (χ4v) is 1.93. The minimum absolute atomic E-state index is 0.365. The van der Waals surface area contributed by atoms with Gasteiger partial charge in [0, 0.05) is 6.04 Å². The van der Waals surface area contributed by atoms with Crippen LogP contribution < -0.4 is 11.1 Å². The first-order valence-electron chi connectivity index (χ1n) is 6.03. The second-order valence-corrected chi connectivity index (χ2v) is 4.62. The molecule has 1 atom stereocenters. The fourth-order valence-electron chi connectivity index (χ4n) is 1.93. The van der Waals surface area contributed by atoms with Crippen LogP contribution in [0.2, 0.25) is 0 Å². The molecule has 2 rings (SSSR count). The molecular formula is C13H19N3O. The molecule has 0 radical (unpaired) electrons. The average molecular weight is 233 g/mol. The molecule has 4 nitrogen and oxygen atoms in total. The number of benzene rings is 1.